The monoisotopic (exact) mass is 617 g/mol. The summed E-state index contributed by atoms with van der Waals surface area (Å²) in [6.07, 6.45) is 9.93. The van der Waals surface area contributed by atoms with Crippen LogP contribution in [0, 0.1) is 50.5 Å². The Balaban J connectivity index is 1.20. The Kier molecular flexibility index (Phi) is 7.95. The van der Waals surface area contributed by atoms with E-state index in [1.807, 2.05) is 6.08 Å². The van der Waals surface area contributed by atoms with Crippen LogP contribution in [0.3, 0.4) is 0 Å². The molecule has 5 aliphatic carbocycles. The van der Waals surface area contributed by atoms with Crippen LogP contribution in [0.5, 0.6) is 0 Å². The molecular formula is C32H43NO9S. The average molecular weight is 618 g/mol. The van der Waals surface area contributed by atoms with Gasteiger partial charge in [0.05, 0.1) is 6.61 Å². The Hall–Kier alpha value is -2.43. The van der Waals surface area contributed by atoms with E-state index in [0.717, 1.165) is 44.9 Å². The fourth-order valence-corrected chi connectivity index (χ4v) is 11.5. The highest BCUT2D eigenvalue weighted by Gasteiger charge is 2.70. The number of carbonyl (C=O) groups excluding carboxylic acids is 4. The molecule has 11 heteroatoms. The molecule has 1 aliphatic heterocycles. The molecule has 0 N–H and O–H groups in total. The lowest BCUT2D eigenvalue weighted by Crippen LogP contribution is -2.57. The van der Waals surface area contributed by atoms with Crippen molar-refractivity contribution in [3.63, 3.8) is 0 Å². The number of hydrogen-bond acceptors (Lipinski definition) is 10. The van der Waals surface area contributed by atoms with Gasteiger partial charge in [0.25, 0.3) is 5.09 Å². The van der Waals surface area contributed by atoms with Crippen LogP contribution < -0.4 is 0 Å². The van der Waals surface area contributed by atoms with Gasteiger partial charge in [-0.1, -0.05) is 31.2 Å². The molecular weight excluding hydrogens is 574 g/mol. The molecule has 10 nitrogen and oxygen atoms in total. The van der Waals surface area contributed by atoms with E-state index in [9.17, 15) is 29.3 Å². The van der Waals surface area contributed by atoms with Gasteiger partial charge >= 0.3 is 11.9 Å². The Morgan fingerprint density at radius 3 is 2.63 bits per heavy atom. The number of nitrogens with zero attached hydrogens (tertiary/aromatic N) is 1. The van der Waals surface area contributed by atoms with E-state index in [4.69, 9.17) is 9.47 Å². The minimum Gasteiger partial charge on any atom is -0.462 e. The molecule has 6 aliphatic rings. The Labute approximate surface area is 256 Å². The van der Waals surface area contributed by atoms with Crippen molar-refractivity contribution in [2.24, 2.45) is 40.4 Å². The standard InChI is InChI=1S/C32H43NO9S/c1-18(34)43-26-15-20-14-21(35)7-10-30(20,2)24-8-11-31(3)25(27(24)26)9-12-32(31)16-23(29(37)42-32)28(36)41-22-6-4-5-19(13-22)17-40-33(38)39/h14,19,22-27H,4-13,15-17H2,1-3H3/t19?,22?,23?,24?,25?,26?,27?,30?,31?,32-/m1/s1. The van der Waals surface area contributed by atoms with Crippen LogP contribution in [-0.2, 0) is 33.5 Å². The minimum absolute atomic E-state index is 0.0208. The predicted octanol–water partition coefficient (Wildman–Crippen LogP) is 5.39. The van der Waals surface area contributed by atoms with Gasteiger partial charge in [0.15, 0.2) is 16.8 Å². The maximum Gasteiger partial charge on any atom is 0.321 e. The second kappa shape index (κ2) is 11.2. The molecule has 9 unspecified atom stereocenters. The first-order chi connectivity index (χ1) is 20.3. The molecule has 0 bridgehead atoms. The van der Waals surface area contributed by atoms with Crippen molar-refractivity contribution < 1.29 is 38.6 Å². The summed E-state index contributed by atoms with van der Waals surface area (Å²) < 4.78 is 12.1. The van der Waals surface area contributed by atoms with E-state index in [1.165, 1.54) is 17.3 Å². The minimum atomic E-state index is -0.978. The quantitative estimate of drug-likeness (QED) is 0.165. The Bertz CT molecular complexity index is 1250. The van der Waals surface area contributed by atoms with E-state index in [0.29, 0.717) is 38.0 Å². The molecule has 0 aromatic heterocycles. The number of ether oxygens (including phenoxy) is 2. The number of carbonyl (C=O) groups is 4. The van der Waals surface area contributed by atoms with Gasteiger partial charge in [0.1, 0.15) is 11.7 Å². The molecule has 1 spiro atoms. The van der Waals surface area contributed by atoms with Gasteiger partial charge in [-0.2, -0.15) is 0 Å². The molecule has 1 saturated heterocycles. The van der Waals surface area contributed by atoms with Crippen molar-refractivity contribution in [1.29, 1.82) is 0 Å². The number of allylic oxidation sites excluding steroid dienone is 1. The van der Waals surface area contributed by atoms with Gasteiger partial charge in [-0.15, -0.1) is 10.1 Å². The van der Waals surface area contributed by atoms with Gasteiger partial charge in [-0.3, -0.25) is 19.2 Å². The number of ketones is 1. The summed E-state index contributed by atoms with van der Waals surface area (Å²) >= 11 is 1.41. The first kappa shape index (κ1) is 30.6. The normalized spacial score (nSPS) is 43.6. The smallest absolute Gasteiger partial charge is 0.321 e. The van der Waals surface area contributed by atoms with E-state index in [-0.39, 0.29) is 51.3 Å². The van der Waals surface area contributed by atoms with Crippen LogP contribution in [0.25, 0.3) is 0 Å². The maximum absolute atomic E-state index is 13.4. The van der Waals surface area contributed by atoms with Crippen molar-refractivity contribution >= 4 is 34.6 Å². The fraction of sp³-hybridized carbons (Fsp3) is 0.812. The van der Waals surface area contributed by atoms with Crippen molar-refractivity contribution in [3.05, 3.63) is 21.8 Å². The number of hydrogen-bond donors (Lipinski definition) is 0. The van der Waals surface area contributed by atoms with Gasteiger partial charge in [0.2, 0.25) is 0 Å². The van der Waals surface area contributed by atoms with E-state index in [1.54, 1.807) is 6.92 Å². The summed E-state index contributed by atoms with van der Waals surface area (Å²) in [5.74, 6) is -1.09. The third kappa shape index (κ3) is 5.21. The topological polar surface area (TPSA) is 139 Å². The van der Waals surface area contributed by atoms with E-state index < -0.39 is 34.6 Å². The lowest BCUT2D eigenvalue weighted by atomic mass is 9.46. The maximum atomic E-state index is 13.4. The number of rotatable bonds is 6. The average Bonchev–Trinajstić information content (AvgIpc) is 3.44. The molecule has 0 aromatic carbocycles. The largest absolute Gasteiger partial charge is 0.462 e. The SMILES string of the molecule is CC(=O)SC1CC2=CC(=O)CCC2(C)C2CCC3(C)C(CC[C@@]34CC(C(=O)OC3CCCC(CO[N+](=O)[O-])C3)C(=O)O4)C12. The van der Waals surface area contributed by atoms with Gasteiger partial charge in [-0.25, -0.2) is 0 Å². The van der Waals surface area contributed by atoms with Crippen molar-refractivity contribution in [3.8, 4) is 0 Å². The van der Waals surface area contributed by atoms with Gasteiger partial charge < -0.3 is 14.3 Å². The predicted molar refractivity (Wildman–Crippen MR) is 156 cm³/mol. The summed E-state index contributed by atoms with van der Waals surface area (Å²) in [5.41, 5.74) is 0.0604. The summed E-state index contributed by atoms with van der Waals surface area (Å²) in [6, 6.07) is 0. The lowest BCUT2D eigenvalue weighted by Gasteiger charge is -2.61. The van der Waals surface area contributed by atoms with E-state index in [2.05, 4.69) is 18.7 Å². The highest BCUT2D eigenvalue weighted by atomic mass is 32.2. The summed E-state index contributed by atoms with van der Waals surface area (Å²) in [4.78, 5) is 66.7. The van der Waals surface area contributed by atoms with Crippen molar-refractivity contribution in [2.45, 2.75) is 115 Å². The summed E-state index contributed by atoms with van der Waals surface area (Å²) in [7, 11) is 0. The second-order valence-corrected chi connectivity index (χ2v) is 15.9. The Morgan fingerprint density at radius 1 is 1.12 bits per heavy atom. The number of esters is 2. The third-order valence-electron chi connectivity index (χ3n) is 12.4. The zero-order valence-corrected chi connectivity index (χ0v) is 26.2. The molecule has 0 aromatic rings. The molecule has 0 radical (unpaired) electrons. The molecule has 6 rings (SSSR count). The van der Waals surface area contributed by atoms with Crippen molar-refractivity contribution in [2.75, 3.05) is 6.61 Å². The van der Waals surface area contributed by atoms with Crippen LogP contribution in [0.15, 0.2) is 11.6 Å². The first-order valence-electron chi connectivity index (χ1n) is 16.0. The number of thioether (sulfide) groups is 1. The van der Waals surface area contributed by atoms with Crippen LogP contribution in [0.2, 0.25) is 0 Å². The molecule has 0 amide bonds. The highest BCUT2D eigenvalue weighted by Crippen LogP contribution is 2.71. The van der Waals surface area contributed by atoms with E-state index >= 15 is 0 Å². The Morgan fingerprint density at radius 2 is 1.88 bits per heavy atom. The molecule has 10 atom stereocenters. The molecule has 4 saturated carbocycles. The fourth-order valence-electron chi connectivity index (χ4n) is 10.2. The number of fused-ring (bicyclic) bond motifs is 6. The molecule has 1 heterocycles. The summed E-state index contributed by atoms with van der Waals surface area (Å²) in [6.45, 7) is 6.14. The third-order valence-corrected chi connectivity index (χ3v) is 13.5. The first-order valence-corrected chi connectivity index (χ1v) is 16.8. The molecule has 43 heavy (non-hydrogen) atoms. The zero-order valence-electron chi connectivity index (χ0n) is 25.3. The lowest BCUT2D eigenvalue weighted by molar-refractivity contribution is -0.759. The second-order valence-electron chi connectivity index (χ2n) is 14.5. The molecule has 236 valence electrons. The molecule has 5 fully saturated rings. The van der Waals surface area contributed by atoms with Crippen LogP contribution in [0.4, 0.5) is 0 Å². The zero-order chi connectivity index (χ0) is 30.7. The van der Waals surface area contributed by atoms with Crippen LogP contribution in [-0.4, -0.2) is 51.5 Å². The van der Waals surface area contributed by atoms with Crippen LogP contribution in [0.1, 0.15) is 97.8 Å². The summed E-state index contributed by atoms with van der Waals surface area (Å²) in [5, 5.41) is 9.97. The van der Waals surface area contributed by atoms with Gasteiger partial charge in [-0.05, 0) is 99.4 Å². The highest BCUT2D eigenvalue weighted by molar-refractivity contribution is 8.14. The van der Waals surface area contributed by atoms with Crippen LogP contribution >= 0.6 is 11.8 Å². The van der Waals surface area contributed by atoms with Gasteiger partial charge in [0, 0.05) is 30.4 Å². The van der Waals surface area contributed by atoms with Crippen molar-refractivity contribution in [1.82, 2.24) is 0 Å².